The summed E-state index contributed by atoms with van der Waals surface area (Å²) in [5.74, 6) is 0. The Morgan fingerprint density at radius 3 is 2.59 bits per heavy atom. The van der Waals surface area contributed by atoms with E-state index in [4.69, 9.17) is 4.74 Å². The second-order valence-electron chi connectivity index (χ2n) is 5.58. The molecular weight excluding hydrogens is 270 g/mol. The fourth-order valence-corrected chi connectivity index (χ4v) is 2.68. The van der Waals surface area contributed by atoms with Crippen LogP contribution in [0.15, 0.2) is 60.8 Å². The molecule has 1 heterocycles. The number of ether oxygens (including phenoxy) is 1. The third kappa shape index (κ3) is 3.99. The topological polar surface area (TPSA) is 14.2 Å². The van der Waals surface area contributed by atoms with Crippen LogP contribution >= 0.6 is 0 Å². The van der Waals surface area contributed by atoms with Crippen LogP contribution in [0.1, 0.15) is 24.8 Å². The zero-order valence-electron chi connectivity index (χ0n) is 12.9. The Bertz CT molecular complexity index is 687. The zero-order valence-corrected chi connectivity index (χ0v) is 12.9. The van der Waals surface area contributed by atoms with Crippen molar-refractivity contribution < 1.29 is 4.74 Å². The summed E-state index contributed by atoms with van der Waals surface area (Å²) in [6.07, 6.45) is 5.56. The first-order valence-electron chi connectivity index (χ1n) is 8.01. The van der Waals surface area contributed by atoms with Crippen LogP contribution in [0.3, 0.4) is 0 Å². The molecule has 0 saturated carbocycles. The first kappa shape index (κ1) is 14.9. The fourth-order valence-electron chi connectivity index (χ4n) is 2.68. The first-order chi connectivity index (χ1) is 10.9. The maximum atomic E-state index is 5.71. The number of fused-ring (bicyclic) bond motifs is 1. The lowest BCUT2D eigenvalue weighted by atomic mass is 10.2. The molecule has 0 N–H and O–H groups in total. The standard InChI is InChI=1S/C20H22NO/c1-3-9-18(10-4-1)17-22-16-8-2-7-14-21-15-13-19-11-5-6-12-20(19)21/h1,3-6,9-12,15H,2,7-8,14,16-17H2. The van der Waals surface area contributed by atoms with Gasteiger partial charge in [-0.1, -0.05) is 48.5 Å². The third-order valence-electron chi connectivity index (χ3n) is 3.89. The van der Waals surface area contributed by atoms with E-state index in [1.807, 2.05) is 6.07 Å². The van der Waals surface area contributed by atoms with Crippen molar-refractivity contribution in [3.8, 4) is 0 Å². The van der Waals surface area contributed by atoms with E-state index in [1.54, 1.807) is 0 Å². The molecule has 0 aliphatic carbocycles. The fraction of sp³-hybridized carbons (Fsp3) is 0.300. The molecule has 2 aromatic carbocycles. The highest BCUT2D eigenvalue weighted by Gasteiger charge is 2.00. The SMILES string of the molecule is [c]1cn(CCCCCOCc2ccccc2)c2ccccc12. The predicted molar refractivity (Wildman–Crippen MR) is 90.7 cm³/mol. The number of rotatable bonds is 8. The molecule has 0 aliphatic rings. The van der Waals surface area contributed by atoms with Gasteiger partial charge in [-0.15, -0.1) is 0 Å². The van der Waals surface area contributed by atoms with Crippen LogP contribution in [0, 0.1) is 6.07 Å². The van der Waals surface area contributed by atoms with Gasteiger partial charge in [0.15, 0.2) is 0 Å². The van der Waals surface area contributed by atoms with E-state index in [2.05, 4.69) is 65.4 Å². The van der Waals surface area contributed by atoms with E-state index in [0.29, 0.717) is 0 Å². The van der Waals surface area contributed by atoms with E-state index in [0.717, 1.165) is 26.2 Å². The molecule has 113 valence electrons. The highest BCUT2D eigenvalue weighted by molar-refractivity contribution is 5.79. The lowest BCUT2D eigenvalue weighted by molar-refractivity contribution is 0.116. The van der Waals surface area contributed by atoms with E-state index in [-0.39, 0.29) is 0 Å². The van der Waals surface area contributed by atoms with Crippen molar-refractivity contribution in [3.05, 3.63) is 72.4 Å². The minimum Gasteiger partial charge on any atom is -0.377 e. The van der Waals surface area contributed by atoms with Crippen LogP contribution in [-0.4, -0.2) is 11.2 Å². The summed E-state index contributed by atoms with van der Waals surface area (Å²) in [7, 11) is 0. The average molecular weight is 292 g/mol. The molecule has 3 aromatic rings. The van der Waals surface area contributed by atoms with E-state index >= 15 is 0 Å². The lowest BCUT2D eigenvalue weighted by Gasteiger charge is -2.06. The molecule has 0 saturated heterocycles. The summed E-state index contributed by atoms with van der Waals surface area (Å²) in [6.45, 7) is 2.62. The van der Waals surface area contributed by atoms with Crippen LogP contribution in [0.25, 0.3) is 10.9 Å². The average Bonchev–Trinajstić information content (AvgIpc) is 2.98. The van der Waals surface area contributed by atoms with Crippen molar-refractivity contribution in [2.24, 2.45) is 0 Å². The highest BCUT2D eigenvalue weighted by Crippen LogP contribution is 2.15. The monoisotopic (exact) mass is 292 g/mol. The summed E-state index contributed by atoms with van der Waals surface area (Å²) in [5.41, 5.74) is 2.53. The zero-order chi connectivity index (χ0) is 15.0. The van der Waals surface area contributed by atoms with Crippen molar-refractivity contribution in [2.75, 3.05) is 6.61 Å². The van der Waals surface area contributed by atoms with Crippen LogP contribution in [0.5, 0.6) is 0 Å². The number of nitrogens with zero attached hydrogens (tertiary/aromatic N) is 1. The van der Waals surface area contributed by atoms with Gasteiger partial charge in [0.05, 0.1) is 6.61 Å². The van der Waals surface area contributed by atoms with Crippen LogP contribution < -0.4 is 0 Å². The van der Waals surface area contributed by atoms with Gasteiger partial charge < -0.3 is 9.30 Å². The number of hydrogen-bond acceptors (Lipinski definition) is 1. The summed E-state index contributed by atoms with van der Waals surface area (Å²) in [6, 6.07) is 22.1. The van der Waals surface area contributed by atoms with Gasteiger partial charge in [0.2, 0.25) is 0 Å². The number of unbranched alkanes of at least 4 members (excludes halogenated alkanes) is 2. The van der Waals surface area contributed by atoms with Gasteiger partial charge in [-0.2, -0.15) is 0 Å². The molecule has 0 aliphatic heterocycles. The number of benzene rings is 2. The second-order valence-corrected chi connectivity index (χ2v) is 5.58. The maximum absolute atomic E-state index is 5.71. The third-order valence-corrected chi connectivity index (χ3v) is 3.89. The van der Waals surface area contributed by atoms with Gasteiger partial charge in [0, 0.05) is 36.3 Å². The summed E-state index contributed by atoms with van der Waals surface area (Å²) >= 11 is 0. The maximum Gasteiger partial charge on any atom is 0.0716 e. The van der Waals surface area contributed by atoms with Crippen molar-refractivity contribution in [1.29, 1.82) is 0 Å². The Hall–Kier alpha value is -2.06. The van der Waals surface area contributed by atoms with Crippen molar-refractivity contribution in [3.63, 3.8) is 0 Å². The van der Waals surface area contributed by atoms with Gasteiger partial charge >= 0.3 is 0 Å². The number of aryl methyl sites for hydroxylation is 1. The van der Waals surface area contributed by atoms with Crippen molar-refractivity contribution in [1.82, 2.24) is 4.57 Å². The van der Waals surface area contributed by atoms with Gasteiger partial charge in [0.25, 0.3) is 0 Å². The first-order valence-corrected chi connectivity index (χ1v) is 8.01. The van der Waals surface area contributed by atoms with Crippen molar-refractivity contribution in [2.45, 2.75) is 32.4 Å². The molecule has 1 aromatic heterocycles. The minimum absolute atomic E-state index is 0.720. The van der Waals surface area contributed by atoms with Gasteiger partial charge in [-0.3, -0.25) is 0 Å². The van der Waals surface area contributed by atoms with E-state index in [1.165, 1.54) is 29.3 Å². The molecule has 0 spiro atoms. The van der Waals surface area contributed by atoms with Crippen LogP contribution in [0.4, 0.5) is 0 Å². The normalized spacial score (nSPS) is 11.1. The number of aromatic nitrogens is 1. The smallest absolute Gasteiger partial charge is 0.0716 e. The highest BCUT2D eigenvalue weighted by atomic mass is 16.5. The molecular formula is C20H22NO. The van der Waals surface area contributed by atoms with Gasteiger partial charge in [-0.25, -0.2) is 0 Å². The Labute approximate surface area is 132 Å². The Balaban J connectivity index is 1.32. The molecule has 2 heteroatoms. The van der Waals surface area contributed by atoms with E-state index < -0.39 is 0 Å². The largest absolute Gasteiger partial charge is 0.377 e. The Kier molecular flexibility index (Phi) is 5.27. The Morgan fingerprint density at radius 1 is 0.864 bits per heavy atom. The molecule has 0 unspecified atom stereocenters. The molecule has 22 heavy (non-hydrogen) atoms. The molecule has 0 amide bonds. The quantitative estimate of drug-likeness (QED) is 0.542. The molecule has 1 radical (unpaired) electrons. The van der Waals surface area contributed by atoms with Crippen LogP contribution in [-0.2, 0) is 17.9 Å². The summed E-state index contributed by atoms with van der Waals surface area (Å²) in [5, 5.41) is 1.20. The Morgan fingerprint density at radius 2 is 1.68 bits per heavy atom. The van der Waals surface area contributed by atoms with Crippen LogP contribution in [0.2, 0.25) is 0 Å². The minimum atomic E-state index is 0.720. The van der Waals surface area contributed by atoms with Crippen molar-refractivity contribution >= 4 is 10.9 Å². The number of para-hydroxylation sites is 1. The molecule has 3 rings (SSSR count). The lowest BCUT2D eigenvalue weighted by Crippen LogP contribution is -1.98. The summed E-state index contributed by atoms with van der Waals surface area (Å²) in [4.78, 5) is 0. The molecule has 0 atom stereocenters. The predicted octanol–water partition coefficient (Wildman–Crippen LogP) is 4.83. The number of hydrogen-bond donors (Lipinski definition) is 0. The second kappa shape index (κ2) is 7.81. The summed E-state index contributed by atoms with van der Waals surface area (Å²) < 4.78 is 8.01. The van der Waals surface area contributed by atoms with E-state index in [9.17, 15) is 0 Å². The molecule has 0 fully saturated rings. The van der Waals surface area contributed by atoms with Gasteiger partial charge in [-0.05, 0) is 30.9 Å². The molecule has 2 nitrogen and oxygen atoms in total. The van der Waals surface area contributed by atoms with Gasteiger partial charge in [0.1, 0.15) is 0 Å². The molecule has 0 bridgehead atoms.